The monoisotopic (exact) mass is 394 g/mol. The van der Waals surface area contributed by atoms with Crippen LogP contribution >= 0.6 is 0 Å². The molecule has 1 aliphatic heterocycles. The van der Waals surface area contributed by atoms with Crippen LogP contribution in [-0.2, 0) is 19.1 Å². The van der Waals surface area contributed by atoms with Crippen LogP contribution in [0.2, 0.25) is 0 Å². The van der Waals surface area contributed by atoms with Crippen LogP contribution in [0.15, 0.2) is 60.3 Å². The molecule has 3 rings (SSSR count). The number of imide groups is 1. The molecule has 2 amide bonds. The first-order chi connectivity index (χ1) is 14.1. The maximum absolute atomic E-state index is 13.5. The van der Waals surface area contributed by atoms with E-state index in [2.05, 4.69) is 0 Å². The number of carbonyl (C=O) groups excluding carboxylic acids is 2. The number of rotatable bonds is 9. The number of hydrogen-bond donors (Lipinski definition) is 0. The van der Waals surface area contributed by atoms with E-state index in [4.69, 9.17) is 9.47 Å². The van der Waals surface area contributed by atoms with E-state index in [1.54, 1.807) is 26.4 Å². The summed E-state index contributed by atoms with van der Waals surface area (Å²) in [5.74, 6) is -0.648. The largest absolute Gasteiger partial charge is 0.383 e. The van der Waals surface area contributed by atoms with Gasteiger partial charge in [0.2, 0.25) is 0 Å². The molecular formula is C23H26N2O4. The summed E-state index contributed by atoms with van der Waals surface area (Å²) in [6.07, 6.45) is 0. The minimum atomic E-state index is -0.329. The summed E-state index contributed by atoms with van der Waals surface area (Å²) >= 11 is 0. The smallest absolute Gasteiger partial charge is 0.282 e. The molecule has 0 aliphatic carbocycles. The van der Waals surface area contributed by atoms with Crippen molar-refractivity contribution in [3.8, 4) is 0 Å². The van der Waals surface area contributed by atoms with Gasteiger partial charge in [-0.2, -0.15) is 0 Å². The molecule has 6 nitrogen and oxygen atoms in total. The summed E-state index contributed by atoms with van der Waals surface area (Å²) in [6.45, 7) is 3.79. The Morgan fingerprint density at radius 2 is 1.41 bits per heavy atom. The molecule has 0 saturated carbocycles. The lowest BCUT2D eigenvalue weighted by Gasteiger charge is -2.25. The molecule has 0 atom stereocenters. The zero-order valence-corrected chi connectivity index (χ0v) is 17.1. The van der Waals surface area contributed by atoms with Gasteiger partial charge in [0.25, 0.3) is 11.8 Å². The van der Waals surface area contributed by atoms with E-state index < -0.39 is 0 Å². The molecule has 0 unspecified atom stereocenters. The van der Waals surface area contributed by atoms with Gasteiger partial charge in [0.05, 0.1) is 24.5 Å². The summed E-state index contributed by atoms with van der Waals surface area (Å²) in [5.41, 5.74) is 3.13. The first kappa shape index (κ1) is 20.8. The number of nitrogens with zero attached hydrogens (tertiary/aromatic N) is 2. The van der Waals surface area contributed by atoms with Gasteiger partial charge in [-0.25, -0.2) is 4.90 Å². The van der Waals surface area contributed by atoms with Crippen LogP contribution in [0.4, 0.5) is 5.69 Å². The quantitative estimate of drug-likeness (QED) is 0.612. The Kier molecular flexibility index (Phi) is 6.80. The minimum Gasteiger partial charge on any atom is -0.383 e. The lowest BCUT2D eigenvalue weighted by Crippen LogP contribution is -2.37. The molecule has 0 aromatic heterocycles. The fourth-order valence-corrected chi connectivity index (χ4v) is 3.34. The Balaban J connectivity index is 2.09. The van der Waals surface area contributed by atoms with E-state index in [1.165, 1.54) is 4.90 Å². The van der Waals surface area contributed by atoms with E-state index in [0.29, 0.717) is 43.3 Å². The number of aryl methyl sites for hydroxylation is 1. The van der Waals surface area contributed by atoms with Crippen molar-refractivity contribution >= 4 is 23.1 Å². The highest BCUT2D eigenvalue weighted by molar-refractivity contribution is 6.45. The van der Waals surface area contributed by atoms with Crippen molar-refractivity contribution in [1.29, 1.82) is 0 Å². The third-order valence-corrected chi connectivity index (χ3v) is 4.86. The van der Waals surface area contributed by atoms with E-state index in [9.17, 15) is 9.59 Å². The van der Waals surface area contributed by atoms with Crippen molar-refractivity contribution in [2.24, 2.45) is 0 Å². The first-order valence-electron chi connectivity index (χ1n) is 9.56. The maximum Gasteiger partial charge on any atom is 0.282 e. The van der Waals surface area contributed by atoms with E-state index in [-0.39, 0.29) is 11.8 Å². The number of benzene rings is 2. The second kappa shape index (κ2) is 9.49. The highest BCUT2D eigenvalue weighted by Crippen LogP contribution is 2.34. The highest BCUT2D eigenvalue weighted by Gasteiger charge is 2.42. The van der Waals surface area contributed by atoms with E-state index in [1.807, 2.05) is 54.3 Å². The topological polar surface area (TPSA) is 59.1 Å². The fourth-order valence-electron chi connectivity index (χ4n) is 3.34. The summed E-state index contributed by atoms with van der Waals surface area (Å²) < 4.78 is 10.4. The normalized spacial score (nSPS) is 14.1. The average Bonchev–Trinajstić information content (AvgIpc) is 3.00. The maximum atomic E-state index is 13.5. The van der Waals surface area contributed by atoms with Crippen molar-refractivity contribution in [3.05, 3.63) is 71.4 Å². The van der Waals surface area contributed by atoms with E-state index >= 15 is 0 Å². The van der Waals surface area contributed by atoms with Crippen LogP contribution in [0.25, 0.3) is 5.57 Å². The average molecular weight is 394 g/mol. The predicted molar refractivity (Wildman–Crippen MR) is 112 cm³/mol. The third kappa shape index (κ3) is 4.39. The molecule has 0 radical (unpaired) electrons. The molecule has 6 heteroatoms. The number of ether oxygens (including phenoxy) is 2. The van der Waals surface area contributed by atoms with Crippen molar-refractivity contribution in [1.82, 2.24) is 4.90 Å². The molecule has 0 N–H and O–H groups in total. The molecule has 1 heterocycles. The zero-order valence-electron chi connectivity index (χ0n) is 17.1. The molecule has 1 aliphatic rings. The van der Waals surface area contributed by atoms with Crippen LogP contribution in [-0.4, -0.2) is 57.2 Å². The second-order valence-corrected chi connectivity index (χ2v) is 6.84. The van der Waals surface area contributed by atoms with Crippen LogP contribution < -0.4 is 4.90 Å². The lowest BCUT2D eigenvalue weighted by molar-refractivity contribution is -0.120. The summed E-state index contributed by atoms with van der Waals surface area (Å²) in [5, 5.41) is 0. The van der Waals surface area contributed by atoms with Crippen LogP contribution in [0.1, 0.15) is 11.1 Å². The van der Waals surface area contributed by atoms with Crippen molar-refractivity contribution in [2.45, 2.75) is 6.92 Å². The van der Waals surface area contributed by atoms with Gasteiger partial charge in [0, 0.05) is 27.3 Å². The van der Waals surface area contributed by atoms with Crippen LogP contribution in [0.5, 0.6) is 0 Å². The van der Waals surface area contributed by atoms with Crippen molar-refractivity contribution < 1.29 is 19.1 Å². The number of anilines is 1. The molecule has 2 aromatic carbocycles. The Bertz CT molecular complexity index is 883. The fraction of sp³-hybridized carbons (Fsp3) is 0.304. The Hall–Kier alpha value is -2.96. The molecule has 152 valence electrons. The Morgan fingerprint density at radius 3 is 1.97 bits per heavy atom. The molecule has 0 fully saturated rings. The van der Waals surface area contributed by atoms with Gasteiger partial charge in [-0.1, -0.05) is 48.0 Å². The van der Waals surface area contributed by atoms with Gasteiger partial charge in [-0.3, -0.25) is 9.59 Å². The minimum absolute atomic E-state index is 0.320. The Morgan fingerprint density at radius 1 is 0.828 bits per heavy atom. The van der Waals surface area contributed by atoms with Gasteiger partial charge >= 0.3 is 0 Å². The number of hydrogen-bond acceptors (Lipinski definition) is 5. The van der Waals surface area contributed by atoms with Gasteiger partial charge in [0.1, 0.15) is 5.70 Å². The summed E-state index contributed by atoms with van der Waals surface area (Å²) in [4.78, 5) is 30.0. The van der Waals surface area contributed by atoms with E-state index in [0.717, 1.165) is 11.1 Å². The molecule has 0 bridgehead atoms. The van der Waals surface area contributed by atoms with Crippen LogP contribution in [0, 0.1) is 6.92 Å². The predicted octanol–water partition coefficient (Wildman–Crippen LogP) is 2.87. The molecule has 2 aromatic rings. The summed E-state index contributed by atoms with van der Waals surface area (Å²) in [7, 11) is 3.22. The van der Waals surface area contributed by atoms with Crippen molar-refractivity contribution in [2.75, 3.05) is 45.4 Å². The number of carbonyl (C=O) groups is 2. The molecular weight excluding hydrogens is 368 g/mol. The number of amides is 2. The molecule has 29 heavy (non-hydrogen) atoms. The Labute approximate surface area is 171 Å². The van der Waals surface area contributed by atoms with Gasteiger partial charge in [-0.15, -0.1) is 0 Å². The SMILES string of the molecule is COCCN(CCOC)C1=C(c2ccccc2)C(=O)N(c2ccc(C)cc2)C1=O. The van der Waals surface area contributed by atoms with Gasteiger partial charge in [-0.05, 0) is 24.6 Å². The lowest BCUT2D eigenvalue weighted by atomic mass is 10.0. The highest BCUT2D eigenvalue weighted by atomic mass is 16.5. The van der Waals surface area contributed by atoms with Crippen LogP contribution in [0.3, 0.4) is 0 Å². The van der Waals surface area contributed by atoms with Gasteiger partial charge in [0.15, 0.2) is 0 Å². The standard InChI is InChI=1S/C23H26N2O4/c1-17-9-11-19(12-10-17)25-22(26)20(18-7-5-4-6-8-18)21(23(25)27)24(13-15-28-2)14-16-29-3/h4-12H,13-16H2,1-3H3. The van der Waals surface area contributed by atoms with Gasteiger partial charge < -0.3 is 14.4 Å². The molecule has 0 spiro atoms. The molecule has 0 saturated heterocycles. The van der Waals surface area contributed by atoms with Crippen molar-refractivity contribution in [3.63, 3.8) is 0 Å². The summed E-state index contributed by atoms with van der Waals surface area (Å²) in [6, 6.07) is 16.7. The number of methoxy groups -OCH3 is 2. The third-order valence-electron chi connectivity index (χ3n) is 4.86. The zero-order chi connectivity index (χ0) is 20.8. The second-order valence-electron chi connectivity index (χ2n) is 6.84. The first-order valence-corrected chi connectivity index (χ1v) is 9.56.